The van der Waals surface area contributed by atoms with Gasteiger partial charge in [-0.05, 0) is 111 Å². The number of rotatable bonds is 6. The third kappa shape index (κ3) is 5.57. The van der Waals surface area contributed by atoms with Crippen molar-refractivity contribution < 1.29 is 9.53 Å². The normalized spacial score (nSPS) is 21.8. The second-order valence-corrected chi connectivity index (χ2v) is 13.0. The zero-order valence-electron chi connectivity index (χ0n) is 25.8. The van der Waals surface area contributed by atoms with E-state index in [1.165, 1.54) is 13.5 Å². The first-order valence-electron chi connectivity index (χ1n) is 15.1. The van der Waals surface area contributed by atoms with Crippen molar-refractivity contribution in [1.82, 2.24) is 14.9 Å². The number of esters is 1. The lowest BCUT2D eigenvalue weighted by atomic mass is 9.91. The van der Waals surface area contributed by atoms with Gasteiger partial charge in [0.25, 0.3) is 0 Å². The molecule has 4 aromatic rings. The molecule has 228 valence electrons. The van der Waals surface area contributed by atoms with Crippen molar-refractivity contribution >= 4 is 46.3 Å². The zero-order valence-corrected chi connectivity index (χ0v) is 27.3. The number of thiocarbonyl (C=S) groups is 1. The molecule has 0 aliphatic carbocycles. The monoisotopic (exact) mass is 627 g/mol. The molecule has 0 saturated carbocycles. The molecule has 4 heterocycles. The van der Waals surface area contributed by atoms with Gasteiger partial charge < -0.3 is 24.4 Å². The van der Waals surface area contributed by atoms with E-state index < -0.39 is 0 Å². The molecule has 1 N–H and O–H groups in total. The maximum Gasteiger partial charge on any atom is 0.337 e. The van der Waals surface area contributed by atoms with Crippen molar-refractivity contribution in [1.29, 1.82) is 0 Å². The first-order valence-corrected chi connectivity index (χ1v) is 15.9. The Morgan fingerprint density at radius 1 is 1.00 bits per heavy atom. The number of nitrogens with zero attached hydrogens (tertiary/aromatic N) is 4. The summed E-state index contributed by atoms with van der Waals surface area (Å²) in [5.74, 6) is 0.895. The number of nitrogens with one attached hydrogen (secondary N) is 1. The highest BCUT2D eigenvalue weighted by atomic mass is 35.5. The maximum atomic E-state index is 12.0. The summed E-state index contributed by atoms with van der Waals surface area (Å²) in [4.78, 5) is 21.4. The Balaban J connectivity index is 1.42. The summed E-state index contributed by atoms with van der Waals surface area (Å²) in [5, 5.41) is 4.93. The minimum absolute atomic E-state index is 0.177. The zero-order chi connectivity index (χ0) is 31.1. The van der Waals surface area contributed by atoms with Gasteiger partial charge in [-0.25, -0.2) is 4.79 Å². The number of carbonyl (C=O) groups is 1. The molecule has 4 atom stereocenters. The minimum Gasteiger partial charge on any atom is -0.465 e. The van der Waals surface area contributed by atoms with E-state index in [2.05, 4.69) is 65.6 Å². The lowest BCUT2D eigenvalue weighted by Gasteiger charge is -2.37. The number of hydrogen-bond acceptors (Lipinski definition) is 5. The van der Waals surface area contributed by atoms with Crippen LogP contribution in [0, 0.1) is 25.7 Å². The van der Waals surface area contributed by atoms with Crippen molar-refractivity contribution in [2.24, 2.45) is 11.8 Å². The number of pyridine rings is 1. The Labute approximate surface area is 269 Å². The third-order valence-corrected chi connectivity index (χ3v) is 9.47. The van der Waals surface area contributed by atoms with Crippen molar-refractivity contribution in [3.8, 4) is 5.69 Å². The molecule has 2 aliphatic heterocycles. The highest BCUT2D eigenvalue weighted by molar-refractivity contribution is 7.80. The van der Waals surface area contributed by atoms with E-state index in [1.807, 2.05) is 42.6 Å². The fourth-order valence-electron chi connectivity index (χ4n) is 7.06. The average Bonchev–Trinajstić information content (AvgIpc) is 3.51. The summed E-state index contributed by atoms with van der Waals surface area (Å²) in [6.45, 7) is 10.9. The number of piperidine rings is 1. The van der Waals surface area contributed by atoms with Crippen LogP contribution in [0.2, 0.25) is 5.02 Å². The summed E-state index contributed by atoms with van der Waals surface area (Å²) >= 11 is 13.1. The third-order valence-electron chi connectivity index (χ3n) is 8.85. The molecule has 0 bridgehead atoms. The Morgan fingerprint density at radius 2 is 1.70 bits per heavy atom. The van der Waals surface area contributed by atoms with Gasteiger partial charge in [0, 0.05) is 42.0 Å². The predicted molar refractivity (Wildman–Crippen MR) is 181 cm³/mol. The summed E-state index contributed by atoms with van der Waals surface area (Å²) < 4.78 is 7.10. The van der Waals surface area contributed by atoms with Gasteiger partial charge in [0.05, 0.1) is 41.2 Å². The number of carbonyl (C=O) groups excluding carboxylic acids is 1. The van der Waals surface area contributed by atoms with Gasteiger partial charge in [0.15, 0.2) is 5.11 Å². The molecule has 9 heteroatoms. The molecule has 2 aliphatic rings. The Kier molecular flexibility index (Phi) is 8.40. The van der Waals surface area contributed by atoms with Crippen LogP contribution in [0.1, 0.15) is 65.4 Å². The molecule has 0 radical (unpaired) electrons. The Hall–Kier alpha value is -3.88. The van der Waals surface area contributed by atoms with E-state index in [-0.39, 0.29) is 18.1 Å². The van der Waals surface area contributed by atoms with Crippen LogP contribution in [0.15, 0.2) is 72.9 Å². The molecule has 0 amide bonds. The second-order valence-electron chi connectivity index (χ2n) is 12.2. The van der Waals surface area contributed by atoms with Crippen molar-refractivity contribution in [2.45, 2.75) is 46.2 Å². The minimum atomic E-state index is -0.355. The second kappa shape index (κ2) is 12.3. The molecule has 6 rings (SSSR count). The molecule has 0 spiro atoms. The lowest BCUT2D eigenvalue weighted by molar-refractivity contribution is 0.0600. The average molecular weight is 628 g/mol. The molecule has 2 aromatic heterocycles. The number of aryl methyl sites for hydroxylation is 1. The highest BCUT2D eigenvalue weighted by Gasteiger charge is 2.42. The fraction of sp³-hybridized carbons (Fsp3) is 0.343. The molecule has 44 heavy (non-hydrogen) atoms. The molecular formula is C35H38ClN5O2S. The number of benzene rings is 2. The van der Waals surface area contributed by atoms with Gasteiger partial charge in [0.1, 0.15) is 0 Å². The number of anilines is 2. The maximum absolute atomic E-state index is 12.0. The summed E-state index contributed by atoms with van der Waals surface area (Å²) in [7, 11) is 1.39. The van der Waals surface area contributed by atoms with Crippen LogP contribution in [-0.4, -0.2) is 40.8 Å². The number of methoxy groups -OCH3 is 1. The largest absolute Gasteiger partial charge is 0.465 e. The SMILES string of the molecule is COC(=O)c1ccc(-n2c(C)cc([C@@H]3[C@H](c4ccccn4)NC(=S)N3c3ccc(N4C[C@H](C)C[C@H](C)C4)c(Cl)c3)c2C)cc1. The smallest absolute Gasteiger partial charge is 0.337 e. The lowest BCUT2D eigenvalue weighted by Crippen LogP contribution is -2.38. The molecule has 7 nitrogen and oxygen atoms in total. The van der Waals surface area contributed by atoms with Gasteiger partial charge in [-0.15, -0.1) is 0 Å². The van der Waals surface area contributed by atoms with Crippen LogP contribution in [0.25, 0.3) is 5.69 Å². The van der Waals surface area contributed by atoms with E-state index >= 15 is 0 Å². The molecule has 2 aromatic carbocycles. The van der Waals surface area contributed by atoms with Crippen molar-refractivity contribution in [3.05, 3.63) is 106 Å². The van der Waals surface area contributed by atoms with Crippen LogP contribution >= 0.6 is 23.8 Å². The quantitative estimate of drug-likeness (QED) is 0.175. The summed E-state index contributed by atoms with van der Waals surface area (Å²) in [6, 6.07) is 21.6. The van der Waals surface area contributed by atoms with E-state index in [9.17, 15) is 4.79 Å². The summed E-state index contributed by atoms with van der Waals surface area (Å²) in [5.41, 5.74) is 7.67. The molecule has 0 unspecified atom stereocenters. The van der Waals surface area contributed by atoms with E-state index in [0.717, 1.165) is 57.8 Å². The number of hydrogen-bond donors (Lipinski definition) is 1. The number of ether oxygens (including phenoxy) is 1. The molecule has 2 saturated heterocycles. The van der Waals surface area contributed by atoms with Gasteiger partial charge in [-0.1, -0.05) is 31.5 Å². The van der Waals surface area contributed by atoms with Gasteiger partial charge in [-0.2, -0.15) is 0 Å². The van der Waals surface area contributed by atoms with E-state index in [4.69, 9.17) is 33.5 Å². The van der Waals surface area contributed by atoms with Crippen LogP contribution in [-0.2, 0) is 4.74 Å². The van der Waals surface area contributed by atoms with Crippen molar-refractivity contribution in [3.63, 3.8) is 0 Å². The first kappa shape index (κ1) is 30.2. The molecule has 2 fully saturated rings. The standard InChI is InChI=1S/C35H38ClN5O2S/c1-21-16-22(2)20-39(19-21)31-14-13-27(18-29(31)36)41-33(32(38-35(41)44)30-8-6-7-15-37-30)28-17-23(3)40(24(28)4)26-11-9-25(10-12-26)34(42)43-5/h6-15,17-18,21-22,32-33H,16,19-20H2,1-5H3,(H,38,44)/t21-,22+,32-,33+/m0/s1. The molecular weight excluding hydrogens is 590 g/mol. The van der Waals surface area contributed by atoms with Gasteiger partial charge >= 0.3 is 5.97 Å². The first-order chi connectivity index (χ1) is 21.2. The van der Waals surface area contributed by atoms with Crippen molar-refractivity contribution in [2.75, 3.05) is 30.0 Å². The van der Waals surface area contributed by atoms with E-state index in [1.54, 1.807) is 12.1 Å². The van der Waals surface area contributed by atoms with E-state index in [0.29, 0.717) is 22.5 Å². The van der Waals surface area contributed by atoms with Crippen LogP contribution in [0.3, 0.4) is 0 Å². The van der Waals surface area contributed by atoms with Gasteiger partial charge in [-0.3, -0.25) is 4.98 Å². The summed E-state index contributed by atoms with van der Waals surface area (Å²) in [6.07, 6.45) is 3.06. The Morgan fingerprint density at radius 3 is 2.34 bits per heavy atom. The fourth-order valence-corrected chi connectivity index (χ4v) is 7.70. The van der Waals surface area contributed by atoms with Crippen LogP contribution in [0.4, 0.5) is 11.4 Å². The Bertz CT molecular complexity index is 1680. The topological polar surface area (TPSA) is 62.6 Å². The predicted octanol–water partition coefficient (Wildman–Crippen LogP) is 7.59. The highest BCUT2D eigenvalue weighted by Crippen LogP contribution is 2.45. The number of halogens is 1. The van der Waals surface area contributed by atoms with Gasteiger partial charge in [0.2, 0.25) is 0 Å². The number of aromatic nitrogens is 2. The van der Waals surface area contributed by atoms with Crippen LogP contribution in [0.5, 0.6) is 0 Å². The van der Waals surface area contributed by atoms with Crippen LogP contribution < -0.4 is 15.1 Å².